The fraction of sp³-hybridized carbons (Fsp3) is 0.154. The van der Waals surface area contributed by atoms with E-state index in [0.717, 1.165) is 28.2 Å². The summed E-state index contributed by atoms with van der Waals surface area (Å²) < 4.78 is 12.5. The molecule has 0 aliphatic heterocycles. The predicted molar refractivity (Wildman–Crippen MR) is 127 cm³/mol. The molecule has 0 aliphatic rings. The van der Waals surface area contributed by atoms with Gasteiger partial charge >= 0.3 is 0 Å². The number of halogens is 1. The first kappa shape index (κ1) is 20.3. The normalized spacial score (nSPS) is 10.7. The van der Waals surface area contributed by atoms with Crippen LogP contribution in [0.5, 0.6) is 11.5 Å². The summed E-state index contributed by atoms with van der Waals surface area (Å²) in [6, 6.07) is 28.9. The SMILES string of the molecule is CCOc1ccc(NCc2ccc(OCc3cccc4ccccc34)c(Br)c2)cc1. The third-order valence-corrected chi connectivity index (χ3v) is 5.54. The van der Waals surface area contributed by atoms with E-state index in [0.29, 0.717) is 13.2 Å². The molecular formula is C26H24BrNO2. The van der Waals surface area contributed by atoms with E-state index in [-0.39, 0.29) is 0 Å². The van der Waals surface area contributed by atoms with E-state index in [1.54, 1.807) is 0 Å². The molecule has 0 aromatic heterocycles. The van der Waals surface area contributed by atoms with Gasteiger partial charge in [-0.25, -0.2) is 0 Å². The minimum atomic E-state index is 0.531. The standard InChI is InChI=1S/C26H24BrNO2/c1-2-29-23-13-11-22(12-14-23)28-17-19-10-15-26(25(27)16-19)30-18-21-8-5-7-20-6-3-4-9-24(20)21/h3-16,28H,2,17-18H2,1H3. The second-order valence-corrected chi connectivity index (χ2v) is 7.86. The van der Waals surface area contributed by atoms with Gasteiger partial charge in [0.1, 0.15) is 18.1 Å². The number of anilines is 1. The Hall–Kier alpha value is -2.98. The smallest absolute Gasteiger partial charge is 0.134 e. The zero-order chi connectivity index (χ0) is 20.8. The maximum absolute atomic E-state index is 6.10. The van der Waals surface area contributed by atoms with Crippen LogP contribution in [-0.4, -0.2) is 6.61 Å². The molecule has 152 valence electrons. The second kappa shape index (κ2) is 9.68. The summed E-state index contributed by atoms with van der Waals surface area (Å²) in [7, 11) is 0. The molecule has 0 bridgehead atoms. The van der Waals surface area contributed by atoms with Gasteiger partial charge < -0.3 is 14.8 Å². The van der Waals surface area contributed by atoms with Gasteiger partial charge in [-0.3, -0.25) is 0 Å². The summed E-state index contributed by atoms with van der Waals surface area (Å²) in [6.45, 7) is 3.93. The summed E-state index contributed by atoms with van der Waals surface area (Å²) in [5, 5.41) is 5.90. The summed E-state index contributed by atoms with van der Waals surface area (Å²) in [4.78, 5) is 0. The summed E-state index contributed by atoms with van der Waals surface area (Å²) in [5.41, 5.74) is 3.42. The quantitative estimate of drug-likeness (QED) is 0.301. The van der Waals surface area contributed by atoms with Crippen molar-refractivity contribution in [3.63, 3.8) is 0 Å². The van der Waals surface area contributed by atoms with Crippen LogP contribution in [0.4, 0.5) is 5.69 Å². The molecule has 4 aromatic carbocycles. The summed E-state index contributed by atoms with van der Waals surface area (Å²) >= 11 is 3.65. The number of hydrogen-bond acceptors (Lipinski definition) is 3. The van der Waals surface area contributed by atoms with Crippen LogP contribution in [0.15, 0.2) is 89.4 Å². The summed E-state index contributed by atoms with van der Waals surface area (Å²) in [6.07, 6.45) is 0. The number of nitrogens with one attached hydrogen (secondary N) is 1. The molecular weight excluding hydrogens is 438 g/mol. The van der Waals surface area contributed by atoms with Crippen LogP contribution in [0, 0.1) is 0 Å². The van der Waals surface area contributed by atoms with Crippen molar-refractivity contribution in [1.29, 1.82) is 0 Å². The van der Waals surface area contributed by atoms with Crippen molar-refractivity contribution in [2.45, 2.75) is 20.1 Å². The fourth-order valence-corrected chi connectivity index (χ4v) is 3.93. The lowest BCUT2D eigenvalue weighted by Gasteiger charge is -2.12. The number of benzene rings is 4. The van der Waals surface area contributed by atoms with Crippen molar-refractivity contribution in [2.24, 2.45) is 0 Å². The Morgan fingerprint density at radius 2 is 1.63 bits per heavy atom. The molecule has 0 fully saturated rings. The van der Waals surface area contributed by atoms with E-state index < -0.39 is 0 Å². The van der Waals surface area contributed by atoms with E-state index in [1.165, 1.54) is 21.9 Å². The molecule has 3 nitrogen and oxygen atoms in total. The van der Waals surface area contributed by atoms with Crippen LogP contribution in [0.1, 0.15) is 18.1 Å². The first-order valence-electron chi connectivity index (χ1n) is 10.1. The maximum atomic E-state index is 6.10. The minimum Gasteiger partial charge on any atom is -0.494 e. The van der Waals surface area contributed by atoms with Gasteiger partial charge in [-0.05, 0) is 81.2 Å². The minimum absolute atomic E-state index is 0.531. The Morgan fingerprint density at radius 1 is 0.833 bits per heavy atom. The molecule has 0 atom stereocenters. The van der Waals surface area contributed by atoms with E-state index in [2.05, 4.69) is 75.8 Å². The van der Waals surface area contributed by atoms with Crippen molar-refractivity contribution in [3.05, 3.63) is 101 Å². The highest BCUT2D eigenvalue weighted by molar-refractivity contribution is 9.10. The zero-order valence-corrected chi connectivity index (χ0v) is 18.5. The topological polar surface area (TPSA) is 30.5 Å². The molecule has 0 saturated heterocycles. The van der Waals surface area contributed by atoms with Crippen LogP contribution in [0.2, 0.25) is 0 Å². The molecule has 0 amide bonds. The van der Waals surface area contributed by atoms with Gasteiger partial charge in [-0.1, -0.05) is 48.5 Å². The molecule has 30 heavy (non-hydrogen) atoms. The van der Waals surface area contributed by atoms with Crippen molar-refractivity contribution in [2.75, 3.05) is 11.9 Å². The Kier molecular flexibility index (Phi) is 6.55. The monoisotopic (exact) mass is 461 g/mol. The van der Waals surface area contributed by atoms with Crippen LogP contribution in [0.25, 0.3) is 10.8 Å². The Morgan fingerprint density at radius 3 is 2.43 bits per heavy atom. The average Bonchev–Trinajstić information content (AvgIpc) is 2.78. The largest absolute Gasteiger partial charge is 0.494 e. The predicted octanol–water partition coefficient (Wildman–Crippen LogP) is 7.19. The molecule has 0 unspecified atom stereocenters. The summed E-state index contributed by atoms with van der Waals surface area (Å²) in [5.74, 6) is 1.73. The van der Waals surface area contributed by atoms with Gasteiger partial charge in [0.15, 0.2) is 0 Å². The van der Waals surface area contributed by atoms with Crippen molar-refractivity contribution < 1.29 is 9.47 Å². The van der Waals surface area contributed by atoms with Crippen LogP contribution in [-0.2, 0) is 13.2 Å². The fourth-order valence-electron chi connectivity index (χ4n) is 3.39. The number of rotatable bonds is 8. The lowest BCUT2D eigenvalue weighted by molar-refractivity contribution is 0.305. The average molecular weight is 462 g/mol. The van der Waals surface area contributed by atoms with Gasteiger partial charge in [0, 0.05) is 12.2 Å². The van der Waals surface area contributed by atoms with Crippen molar-refractivity contribution in [3.8, 4) is 11.5 Å². The molecule has 4 rings (SSSR count). The number of ether oxygens (including phenoxy) is 2. The van der Waals surface area contributed by atoms with Crippen molar-refractivity contribution in [1.82, 2.24) is 0 Å². The highest BCUT2D eigenvalue weighted by Crippen LogP contribution is 2.28. The Bertz CT molecular complexity index is 1120. The van der Waals surface area contributed by atoms with E-state index in [4.69, 9.17) is 9.47 Å². The lowest BCUT2D eigenvalue weighted by atomic mass is 10.1. The van der Waals surface area contributed by atoms with Crippen LogP contribution >= 0.6 is 15.9 Å². The number of hydrogen-bond donors (Lipinski definition) is 1. The van der Waals surface area contributed by atoms with Gasteiger partial charge in [-0.15, -0.1) is 0 Å². The van der Waals surface area contributed by atoms with Gasteiger partial charge in [0.25, 0.3) is 0 Å². The van der Waals surface area contributed by atoms with Gasteiger partial charge in [0.05, 0.1) is 11.1 Å². The lowest BCUT2D eigenvalue weighted by Crippen LogP contribution is -2.01. The molecule has 1 N–H and O–H groups in total. The third kappa shape index (κ3) is 4.95. The van der Waals surface area contributed by atoms with Crippen LogP contribution < -0.4 is 14.8 Å². The Balaban J connectivity index is 1.38. The zero-order valence-electron chi connectivity index (χ0n) is 16.9. The molecule has 4 aromatic rings. The third-order valence-electron chi connectivity index (χ3n) is 4.92. The molecule has 0 spiro atoms. The van der Waals surface area contributed by atoms with E-state index in [9.17, 15) is 0 Å². The molecule has 0 heterocycles. The molecule has 0 saturated carbocycles. The number of fused-ring (bicyclic) bond motifs is 1. The van der Waals surface area contributed by atoms with E-state index >= 15 is 0 Å². The van der Waals surface area contributed by atoms with Gasteiger partial charge in [-0.2, -0.15) is 0 Å². The Labute approximate surface area is 185 Å². The van der Waals surface area contributed by atoms with E-state index in [1.807, 2.05) is 37.3 Å². The molecule has 0 aliphatic carbocycles. The van der Waals surface area contributed by atoms with Crippen LogP contribution in [0.3, 0.4) is 0 Å². The maximum Gasteiger partial charge on any atom is 0.134 e. The van der Waals surface area contributed by atoms with Crippen molar-refractivity contribution >= 4 is 32.4 Å². The first-order valence-corrected chi connectivity index (χ1v) is 10.9. The molecule has 4 heteroatoms. The van der Waals surface area contributed by atoms with Gasteiger partial charge in [0.2, 0.25) is 0 Å². The highest BCUT2D eigenvalue weighted by Gasteiger charge is 2.06. The second-order valence-electron chi connectivity index (χ2n) is 7.00. The highest BCUT2D eigenvalue weighted by atomic mass is 79.9. The molecule has 0 radical (unpaired) electrons. The first-order chi connectivity index (χ1) is 14.7.